The molecule has 31 heavy (non-hydrogen) atoms. The normalized spacial score (nSPS) is 14.4. The number of rotatable bonds is 9. The third-order valence-electron chi connectivity index (χ3n) is 5.17. The predicted octanol–water partition coefficient (Wildman–Crippen LogP) is 3.38. The van der Waals surface area contributed by atoms with Gasteiger partial charge in [0.2, 0.25) is 5.91 Å². The summed E-state index contributed by atoms with van der Waals surface area (Å²) in [7, 11) is 1.36. The van der Waals surface area contributed by atoms with E-state index in [-0.39, 0.29) is 11.9 Å². The number of nitrogens with zero attached hydrogens (tertiary/aromatic N) is 2. The molecular formula is C24H29N3O4. The van der Waals surface area contributed by atoms with Gasteiger partial charge in [0.15, 0.2) is 0 Å². The van der Waals surface area contributed by atoms with Crippen molar-refractivity contribution in [2.75, 3.05) is 26.7 Å². The van der Waals surface area contributed by atoms with Gasteiger partial charge in [-0.25, -0.2) is 10.2 Å². The van der Waals surface area contributed by atoms with Crippen LogP contribution in [0.5, 0.6) is 5.75 Å². The number of likely N-dealkylation sites (tertiary alicyclic amines) is 1. The Labute approximate surface area is 183 Å². The van der Waals surface area contributed by atoms with Crippen molar-refractivity contribution in [1.82, 2.24) is 10.3 Å². The zero-order chi connectivity index (χ0) is 21.9. The maximum absolute atomic E-state index is 11.9. The first-order valence-corrected chi connectivity index (χ1v) is 10.6. The number of esters is 1. The van der Waals surface area contributed by atoms with Crippen LogP contribution in [0, 0.1) is 0 Å². The molecule has 0 bridgehead atoms. The second-order valence-corrected chi connectivity index (χ2v) is 7.49. The average molecular weight is 424 g/mol. The van der Waals surface area contributed by atoms with Crippen LogP contribution in [-0.2, 0) is 16.1 Å². The molecule has 2 aromatic rings. The number of ether oxygens (including phenoxy) is 2. The van der Waals surface area contributed by atoms with Crippen molar-refractivity contribution in [3.63, 3.8) is 0 Å². The van der Waals surface area contributed by atoms with Gasteiger partial charge in [-0.2, -0.15) is 5.10 Å². The minimum atomic E-state index is -0.358. The first-order chi connectivity index (χ1) is 15.1. The van der Waals surface area contributed by atoms with Gasteiger partial charge in [0.25, 0.3) is 0 Å². The van der Waals surface area contributed by atoms with Crippen molar-refractivity contribution < 1.29 is 19.1 Å². The fourth-order valence-corrected chi connectivity index (χ4v) is 3.35. The molecule has 1 saturated heterocycles. The fourth-order valence-electron chi connectivity index (χ4n) is 3.35. The van der Waals surface area contributed by atoms with E-state index in [1.54, 1.807) is 18.3 Å². The maximum atomic E-state index is 11.9. The minimum absolute atomic E-state index is 0.0694. The summed E-state index contributed by atoms with van der Waals surface area (Å²) in [5.41, 5.74) is 4.91. The summed E-state index contributed by atoms with van der Waals surface area (Å²) in [6.45, 7) is 3.36. The summed E-state index contributed by atoms with van der Waals surface area (Å²) in [5.74, 6) is 0.294. The van der Waals surface area contributed by atoms with Gasteiger partial charge in [-0.15, -0.1) is 0 Å². The quantitative estimate of drug-likeness (QED) is 0.380. The predicted molar refractivity (Wildman–Crippen MR) is 119 cm³/mol. The summed E-state index contributed by atoms with van der Waals surface area (Å²) in [4.78, 5) is 25.7. The Kier molecular flexibility index (Phi) is 8.60. The number of carbonyl (C=O) groups is 2. The monoisotopic (exact) mass is 423 g/mol. The molecule has 0 aromatic heterocycles. The molecule has 7 nitrogen and oxygen atoms in total. The molecule has 0 unspecified atom stereocenters. The molecule has 164 valence electrons. The third kappa shape index (κ3) is 7.53. The van der Waals surface area contributed by atoms with Crippen LogP contribution in [-0.4, -0.2) is 49.7 Å². The molecule has 3 rings (SSSR count). The Morgan fingerprint density at radius 2 is 1.74 bits per heavy atom. The summed E-state index contributed by atoms with van der Waals surface area (Å²) in [6.07, 6.45) is 5.82. The van der Waals surface area contributed by atoms with Gasteiger partial charge in [-0.1, -0.05) is 18.6 Å². The lowest BCUT2D eigenvalue weighted by Gasteiger charge is -2.25. The average Bonchev–Trinajstić information content (AvgIpc) is 2.83. The van der Waals surface area contributed by atoms with Crippen LogP contribution in [0.4, 0.5) is 0 Å². The number of nitrogens with one attached hydrogen (secondary N) is 1. The van der Waals surface area contributed by atoms with Crippen molar-refractivity contribution in [1.29, 1.82) is 0 Å². The Morgan fingerprint density at radius 3 is 2.42 bits per heavy atom. The molecule has 2 aromatic carbocycles. The van der Waals surface area contributed by atoms with E-state index in [0.29, 0.717) is 18.6 Å². The number of hydrogen-bond acceptors (Lipinski definition) is 6. The molecule has 1 fully saturated rings. The highest BCUT2D eigenvalue weighted by Crippen LogP contribution is 2.14. The lowest BCUT2D eigenvalue weighted by molar-refractivity contribution is -0.121. The van der Waals surface area contributed by atoms with Crippen LogP contribution >= 0.6 is 0 Å². The smallest absolute Gasteiger partial charge is 0.337 e. The van der Waals surface area contributed by atoms with E-state index in [2.05, 4.69) is 20.2 Å². The number of carbonyl (C=O) groups excluding carboxylic acids is 2. The Balaban J connectivity index is 1.39. The van der Waals surface area contributed by atoms with Crippen LogP contribution < -0.4 is 10.2 Å². The van der Waals surface area contributed by atoms with Crippen LogP contribution in [0.15, 0.2) is 53.6 Å². The number of piperidine rings is 1. The van der Waals surface area contributed by atoms with Gasteiger partial charge in [0.1, 0.15) is 12.4 Å². The molecule has 7 heteroatoms. The number of hydrazone groups is 1. The topological polar surface area (TPSA) is 80.2 Å². The molecule has 0 saturated carbocycles. The first kappa shape index (κ1) is 22.5. The van der Waals surface area contributed by atoms with E-state index in [9.17, 15) is 9.59 Å². The van der Waals surface area contributed by atoms with Crippen molar-refractivity contribution in [3.05, 3.63) is 65.2 Å². The first-order valence-electron chi connectivity index (χ1n) is 10.6. The van der Waals surface area contributed by atoms with E-state index in [0.717, 1.165) is 36.5 Å². The molecule has 1 aliphatic heterocycles. The Bertz CT molecular complexity index is 873. The Hall–Kier alpha value is -3.19. The van der Waals surface area contributed by atoms with E-state index >= 15 is 0 Å². The number of methoxy groups -OCH3 is 1. The molecular weight excluding hydrogens is 394 g/mol. The van der Waals surface area contributed by atoms with Crippen molar-refractivity contribution >= 4 is 18.1 Å². The van der Waals surface area contributed by atoms with Crippen LogP contribution in [0.1, 0.15) is 47.2 Å². The van der Waals surface area contributed by atoms with Crippen LogP contribution in [0.3, 0.4) is 0 Å². The minimum Gasteiger partial charge on any atom is -0.489 e. The second kappa shape index (κ2) is 11.9. The van der Waals surface area contributed by atoms with Gasteiger partial charge in [-0.3, -0.25) is 4.79 Å². The summed E-state index contributed by atoms with van der Waals surface area (Å²) in [6, 6.07) is 14.5. The van der Waals surface area contributed by atoms with E-state index < -0.39 is 0 Å². The molecule has 0 atom stereocenters. The summed E-state index contributed by atoms with van der Waals surface area (Å²) >= 11 is 0. The Morgan fingerprint density at radius 1 is 1.03 bits per heavy atom. The maximum Gasteiger partial charge on any atom is 0.337 e. The zero-order valence-electron chi connectivity index (χ0n) is 17.9. The van der Waals surface area contributed by atoms with Crippen molar-refractivity contribution in [2.45, 2.75) is 32.3 Å². The van der Waals surface area contributed by atoms with Crippen LogP contribution in [0.25, 0.3) is 0 Å². The second-order valence-electron chi connectivity index (χ2n) is 7.49. The molecule has 1 amide bonds. The highest BCUT2D eigenvalue weighted by molar-refractivity contribution is 5.89. The number of benzene rings is 2. The molecule has 1 N–H and O–H groups in total. The number of hydrogen-bond donors (Lipinski definition) is 1. The molecule has 0 radical (unpaired) electrons. The lowest BCUT2D eigenvalue weighted by atomic mass is 10.1. The molecule has 0 spiro atoms. The molecule has 0 aliphatic carbocycles. The summed E-state index contributed by atoms with van der Waals surface area (Å²) < 4.78 is 10.5. The highest BCUT2D eigenvalue weighted by Gasteiger charge is 2.11. The lowest BCUT2D eigenvalue weighted by Crippen LogP contribution is -2.33. The van der Waals surface area contributed by atoms with Gasteiger partial charge < -0.3 is 14.4 Å². The molecule has 1 aliphatic rings. The standard InChI is InChI=1S/C24H29N3O4/c1-30-24(29)21-9-5-20(6-10-21)18-31-22-11-7-19(8-12-22)17-25-26-23(28)13-16-27-14-3-2-4-15-27/h5-12,17H,2-4,13-16,18H2,1H3,(H,26,28)/b25-17+. The summed E-state index contributed by atoms with van der Waals surface area (Å²) in [5, 5.41) is 4.04. The zero-order valence-corrected chi connectivity index (χ0v) is 17.9. The van der Waals surface area contributed by atoms with Gasteiger partial charge in [-0.05, 0) is 73.5 Å². The van der Waals surface area contributed by atoms with E-state index in [4.69, 9.17) is 4.74 Å². The third-order valence-corrected chi connectivity index (χ3v) is 5.17. The van der Waals surface area contributed by atoms with Gasteiger partial charge in [0, 0.05) is 13.0 Å². The van der Waals surface area contributed by atoms with Gasteiger partial charge >= 0.3 is 5.97 Å². The van der Waals surface area contributed by atoms with Gasteiger partial charge in [0.05, 0.1) is 18.9 Å². The molecule has 1 heterocycles. The fraction of sp³-hybridized carbons (Fsp3) is 0.375. The van der Waals surface area contributed by atoms with Crippen LogP contribution in [0.2, 0.25) is 0 Å². The number of amides is 1. The SMILES string of the molecule is COC(=O)c1ccc(COc2ccc(/C=N/NC(=O)CCN3CCCCC3)cc2)cc1. The largest absolute Gasteiger partial charge is 0.489 e. The van der Waals surface area contributed by atoms with E-state index in [1.807, 2.05) is 36.4 Å². The highest BCUT2D eigenvalue weighted by atomic mass is 16.5. The van der Waals surface area contributed by atoms with Crippen molar-refractivity contribution in [2.24, 2.45) is 5.10 Å². The van der Waals surface area contributed by atoms with Crippen molar-refractivity contribution in [3.8, 4) is 5.75 Å². The van der Waals surface area contributed by atoms with E-state index in [1.165, 1.54) is 26.4 Å².